The number of aromatic carboxylic acids is 1. The van der Waals surface area contributed by atoms with Crippen molar-refractivity contribution >= 4 is 17.7 Å². The number of nitrogens with zero attached hydrogens (tertiary/aromatic N) is 1. The van der Waals surface area contributed by atoms with Gasteiger partial charge < -0.3 is 5.11 Å². The van der Waals surface area contributed by atoms with Crippen molar-refractivity contribution in [3.05, 3.63) is 29.6 Å². The van der Waals surface area contributed by atoms with E-state index in [2.05, 4.69) is 11.9 Å². The summed E-state index contributed by atoms with van der Waals surface area (Å²) >= 11 is 1.77. The minimum absolute atomic E-state index is 0.241. The third-order valence-electron chi connectivity index (χ3n) is 1.53. The normalized spacial score (nSPS) is 9.92. The van der Waals surface area contributed by atoms with Crippen LogP contribution >= 0.6 is 11.8 Å². The molecule has 0 spiro atoms. The topological polar surface area (TPSA) is 50.2 Å². The van der Waals surface area contributed by atoms with Crippen molar-refractivity contribution in [2.75, 3.05) is 5.75 Å². The van der Waals surface area contributed by atoms with Gasteiger partial charge in [0.05, 0.1) is 11.3 Å². The van der Waals surface area contributed by atoms with Crippen molar-refractivity contribution in [3.63, 3.8) is 0 Å². The molecule has 70 valence electrons. The number of pyridine rings is 1. The van der Waals surface area contributed by atoms with E-state index in [0.717, 1.165) is 17.2 Å². The van der Waals surface area contributed by atoms with E-state index < -0.39 is 5.97 Å². The van der Waals surface area contributed by atoms with E-state index in [0.29, 0.717) is 0 Å². The summed E-state index contributed by atoms with van der Waals surface area (Å²) in [6.07, 6.45) is 1.40. The van der Waals surface area contributed by atoms with Crippen molar-refractivity contribution in [2.24, 2.45) is 0 Å². The lowest BCUT2D eigenvalue weighted by molar-refractivity contribution is 0.0696. The van der Waals surface area contributed by atoms with Crippen molar-refractivity contribution in [2.45, 2.75) is 12.7 Å². The van der Waals surface area contributed by atoms with Gasteiger partial charge >= 0.3 is 5.97 Å². The van der Waals surface area contributed by atoms with Gasteiger partial charge in [0, 0.05) is 11.9 Å². The summed E-state index contributed by atoms with van der Waals surface area (Å²) in [5.41, 5.74) is 1.17. The highest BCUT2D eigenvalue weighted by Crippen LogP contribution is 2.09. The molecular weight excluding hydrogens is 186 g/mol. The van der Waals surface area contributed by atoms with Gasteiger partial charge in [0.2, 0.25) is 0 Å². The van der Waals surface area contributed by atoms with Gasteiger partial charge in [-0.3, -0.25) is 4.98 Å². The maximum Gasteiger partial charge on any atom is 0.337 e. The molecule has 0 unspecified atom stereocenters. The molecule has 0 amide bonds. The number of carboxylic acid groups (broad SMARTS) is 1. The molecule has 1 aromatic rings. The zero-order chi connectivity index (χ0) is 9.68. The van der Waals surface area contributed by atoms with Gasteiger partial charge in [-0.05, 0) is 17.9 Å². The Hall–Kier alpha value is -1.03. The first-order valence-corrected chi connectivity index (χ1v) is 5.15. The maximum absolute atomic E-state index is 10.5. The Morgan fingerprint density at radius 3 is 2.85 bits per heavy atom. The first-order valence-electron chi connectivity index (χ1n) is 4.00. The average molecular weight is 197 g/mol. The van der Waals surface area contributed by atoms with Gasteiger partial charge in [-0.25, -0.2) is 4.79 Å². The Morgan fingerprint density at radius 1 is 1.62 bits per heavy atom. The van der Waals surface area contributed by atoms with Gasteiger partial charge in [0.25, 0.3) is 0 Å². The SMILES string of the molecule is CCSCc1ccc(C(=O)O)cn1. The predicted molar refractivity (Wildman–Crippen MR) is 53.0 cm³/mol. The van der Waals surface area contributed by atoms with Crippen molar-refractivity contribution < 1.29 is 9.90 Å². The fourth-order valence-corrected chi connectivity index (χ4v) is 1.43. The summed E-state index contributed by atoms with van der Waals surface area (Å²) in [5.74, 6) is 0.959. The van der Waals surface area contributed by atoms with Crippen molar-refractivity contribution in [1.82, 2.24) is 4.98 Å². The van der Waals surface area contributed by atoms with Crippen LogP contribution in [0.2, 0.25) is 0 Å². The fourth-order valence-electron chi connectivity index (χ4n) is 0.843. The lowest BCUT2D eigenvalue weighted by atomic mass is 10.2. The molecule has 0 aromatic carbocycles. The first-order chi connectivity index (χ1) is 6.24. The third-order valence-corrected chi connectivity index (χ3v) is 2.43. The number of rotatable bonds is 4. The minimum Gasteiger partial charge on any atom is -0.478 e. The van der Waals surface area contributed by atoms with Crippen LogP contribution in [0.4, 0.5) is 0 Å². The van der Waals surface area contributed by atoms with Crippen LogP contribution in [0, 0.1) is 0 Å². The molecule has 1 rings (SSSR count). The van der Waals surface area contributed by atoms with Gasteiger partial charge in [-0.1, -0.05) is 6.92 Å². The van der Waals surface area contributed by atoms with Gasteiger partial charge in [-0.2, -0.15) is 11.8 Å². The molecule has 1 N–H and O–H groups in total. The monoisotopic (exact) mass is 197 g/mol. The quantitative estimate of drug-likeness (QED) is 0.802. The molecule has 1 heterocycles. The number of aromatic nitrogens is 1. The molecule has 0 saturated heterocycles. The summed E-state index contributed by atoms with van der Waals surface area (Å²) in [7, 11) is 0. The molecule has 4 heteroatoms. The molecule has 1 aromatic heterocycles. The number of carboxylic acids is 1. The van der Waals surface area contributed by atoms with E-state index in [4.69, 9.17) is 5.11 Å². The third kappa shape index (κ3) is 3.06. The number of carbonyl (C=O) groups is 1. The highest BCUT2D eigenvalue weighted by Gasteiger charge is 2.02. The summed E-state index contributed by atoms with van der Waals surface area (Å²) < 4.78 is 0. The van der Waals surface area contributed by atoms with E-state index in [9.17, 15) is 4.79 Å². The molecule has 0 radical (unpaired) electrons. The molecule has 0 fully saturated rings. The molecule has 3 nitrogen and oxygen atoms in total. The zero-order valence-corrected chi connectivity index (χ0v) is 8.17. The zero-order valence-electron chi connectivity index (χ0n) is 7.36. The van der Waals surface area contributed by atoms with Crippen molar-refractivity contribution in [1.29, 1.82) is 0 Å². The van der Waals surface area contributed by atoms with Crippen LogP contribution in [0.3, 0.4) is 0 Å². The van der Waals surface area contributed by atoms with Crippen LogP contribution < -0.4 is 0 Å². The molecule has 0 aliphatic carbocycles. The predicted octanol–water partition coefficient (Wildman–Crippen LogP) is 2.03. The lowest BCUT2D eigenvalue weighted by Crippen LogP contribution is -1.98. The highest BCUT2D eigenvalue weighted by molar-refractivity contribution is 7.98. The molecule has 0 bridgehead atoms. The van der Waals surface area contributed by atoms with E-state index in [-0.39, 0.29) is 5.56 Å². The summed E-state index contributed by atoms with van der Waals surface area (Å²) in [5, 5.41) is 8.61. The highest BCUT2D eigenvalue weighted by atomic mass is 32.2. The number of hydrogen-bond donors (Lipinski definition) is 1. The maximum atomic E-state index is 10.5. The second kappa shape index (κ2) is 4.87. The molecule has 0 aliphatic rings. The second-order valence-corrected chi connectivity index (χ2v) is 3.75. The smallest absolute Gasteiger partial charge is 0.337 e. The van der Waals surface area contributed by atoms with Gasteiger partial charge in [-0.15, -0.1) is 0 Å². The standard InChI is InChI=1S/C9H11NO2S/c1-2-13-6-8-4-3-7(5-10-8)9(11)12/h3-5H,2,6H2,1H3,(H,11,12). The average Bonchev–Trinajstić information content (AvgIpc) is 2.15. The summed E-state index contributed by atoms with van der Waals surface area (Å²) in [4.78, 5) is 14.5. The largest absolute Gasteiger partial charge is 0.478 e. The van der Waals surface area contributed by atoms with Gasteiger partial charge in [0.15, 0.2) is 0 Å². The lowest BCUT2D eigenvalue weighted by Gasteiger charge is -1.98. The number of thioether (sulfide) groups is 1. The molecular formula is C9H11NO2S. The van der Waals surface area contributed by atoms with E-state index >= 15 is 0 Å². The number of hydrogen-bond acceptors (Lipinski definition) is 3. The van der Waals surface area contributed by atoms with Crippen LogP contribution in [0.15, 0.2) is 18.3 Å². The minimum atomic E-state index is -0.929. The Bertz CT molecular complexity index is 284. The molecule has 0 saturated carbocycles. The van der Waals surface area contributed by atoms with Gasteiger partial charge in [0.1, 0.15) is 0 Å². The van der Waals surface area contributed by atoms with Crippen LogP contribution in [0.1, 0.15) is 23.0 Å². The Balaban J connectivity index is 2.64. The second-order valence-electron chi connectivity index (χ2n) is 2.48. The molecule has 0 atom stereocenters. The summed E-state index contributed by atoms with van der Waals surface area (Å²) in [6, 6.07) is 3.34. The van der Waals surface area contributed by atoms with Crippen molar-refractivity contribution in [3.8, 4) is 0 Å². The van der Waals surface area contributed by atoms with Crippen LogP contribution in [0.25, 0.3) is 0 Å². The van der Waals surface area contributed by atoms with E-state index in [1.54, 1.807) is 23.9 Å². The Labute approximate surface area is 81.2 Å². The Kier molecular flexibility index (Phi) is 3.76. The van der Waals surface area contributed by atoms with E-state index in [1.165, 1.54) is 6.20 Å². The van der Waals surface area contributed by atoms with Crippen LogP contribution in [-0.2, 0) is 5.75 Å². The molecule has 0 aliphatic heterocycles. The fraction of sp³-hybridized carbons (Fsp3) is 0.333. The molecule has 13 heavy (non-hydrogen) atoms. The first kappa shape index (κ1) is 10.1. The van der Waals surface area contributed by atoms with Crippen LogP contribution in [0.5, 0.6) is 0 Å². The van der Waals surface area contributed by atoms with E-state index in [1.807, 2.05) is 0 Å². The summed E-state index contributed by atoms with van der Waals surface area (Å²) in [6.45, 7) is 2.08. The van der Waals surface area contributed by atoms with Crippen LogP contribution in [-0.4, -0.2) is 21.8 Å². The Morgan fingerprint density at radius 2 is 2.38 bits per heavy atom.